The van der Waals surface area contributed by atoms with Crippen LogP contribution in [0, 0.1) is 6.92 Å². The monoisotopic (exact) mass is 275 g/mol. The van der Waals surface area contributed by atoms with Gasteiger partial charge in [-0.3, -0.25) is 0 Å². The summed E-state index contributed by atoms with van der Waals surface area (Å²) in [5, 5.41) is 0. The maximum absolute atomic E-state index is 12.2. The van der Waals surface area contributed by atoms with Gasteiger partial charge in [-0.15, -0.1) is 0 Å². The molecule has 0 amide bonds. The van der Waals surface area contributed by atoms with Gasteiger partial charge in [-0.25, -0.2) is 8.42 Å². The third-order valence-corrected chi connectivity index (χ3v) is 4.80. The molecule has 0 aliphatic carbocycles. The minimum atomic E-state index is -3.34. The molecule has 0 saturated heterocycles. The highest BCUT2D eigenvalue weighted by Crippen LogP contribution is 2.18. The Morgan fingerprint density at radius 2 is 1.58 bits per heavy atom. The quantitative estimate of drug-likeness (QED) is 0.932. The summed E-state index contributed by atoms with van der Waals surface area (Å²) in [6.07, 6.45) is 0. The Labute approximate surface area is 114 Å². The molecular weight excluding hydrogens is 258 g/mol. The van der Waals surface area contributed by atoms with Crippen LogP contribution in [0.5, 0.6) is 0 Å². The van der Waals surface area contributed by atoms with Crippen molar-refractivity contribution in [3.63, 3.8) is 0 Å². The number of hydrogen-bond acceptors (Lipinski definition) is 3. The van der Waals surface area contributed by atoms with E-state index in [4.69, 9.17) is 5.73 Å². The van der Waals surface area contributed by atoms with Gasteiger partial charge in [0.25, 0.3) is 0 Å². The van der Waals surface area contributed by atoms with Gasteiger partial charge in [-0.2, -0.15) is 0 Å². The molecule has 4 heteroatoms. The van der Waals surface area contributed by atoms with Crippen molar-refractivity contribution >= 4 is 9.84 Å². The topological polar surface area (TPSA) is 60.2 Å². The summed E-state index contributed by atoms with van der Waals surface area (Å²) < 4.78 is 24.4. The molecule has 0 radical (unpaired) electrons. The summed E-state index contributed by atoms with van der Waals surface area (Å²) >= 11 is 0. The van der Waals surface area contributed by atoms with Crippen molar-refractivity contribution in [3.8, 4) is 0 Å². The Hall–Kier alpha value is -1.65. The third-order valence-electron chi connectivity index (χ3n) is 3.01. The Morgan fingerprint density at radius 1 is 1.00 bits per heavy atom. The lowest BCUT2D eigenvalue weighted by Gasteiger charge is -2.13. The van der Waals surface area contributed by atoms with E-state index in [1.165, 1.54) is 0 Å². The molecule has 0 heterocycles. The average molecular weight is 275 g/mol. The Morgan fingerprint density at radius 3 is 2.16 bits per heavy atom. The van der Waals surface area contributed by atoms with Gasteiger partial charge in [-0.05, 0) is 24.6 Å². The molecule has 2 aromatic carbocycles. The smallest absolute Gasteiger partial charge is 0.180 e. The molecule has 2 rings (SSSR count). The van der Waals surface area contributed by atoms with Crippen LogP contribution >= 0.6 is 0 Å². The van der Waals surface area contributed by atoms with E-state index in [0.29, 0.717) is 4.90 Å². The molecule has 1 atom stereocenters. The first-order valence-electron chi connectivity index (χ1n) is 6.09. The minimum Gasteiger partial charge on any atom is -0.323 e. The summed E-state index contributed by atoms with van der Waals surface area (Å²) in [4.78, 5) is 0.317. The number of sulfone groups is 1. The second kappa shape index (κ2) is 5.55. The fourth-order valence-corrected chi connectivity index (χ4v) is 3.30. The molecule has 0 bridgehead atoms. The molecule has 0 spiro atoms. The average Bonchev–Trinajstić information content (AvgIpc) is 2.40. The SMILES string of the molecule is Cc1ccc(C(N)CS(=O)(=O)c2ccccc2)cc1. The minimum absolute atomic E-state index is 0.0833. The number of hydrogen-bond donors (Lipinski definition) is 1. The van der Waals surface area contributed by atoms with Crippen LogP contribution in [0.4, 0.5) is 0 Å². The van der Waals surface area contributed by atoms with E-state index in [0.717, 1.165) is 11.1 Å². The molecule has 100 valence electrons. The van der Waals surface area contributed by atoms with Crippen LogP contribution in [-0.2, 0) is 9.84 Å². The van der Waals surface area contributed by atoms with Crippen molar-refractivity contribution in [2.45, 2.75) is 17.9 Å². The van der Waals surface area contributed by atoms with Gasteiger partial charge in [0.05, 0.1) is 10.6 Å². The van der Waals surface area contributed by atoms with Crippen LogP contribution in [0.2, 0.25) is 0 Å². The summed E-state index contributed by atoms with van der Waals surface area (Å²) in [7, 11) is -3.34. The lowest BCUT2D eigenvalue weighted by atomic mass is 10.1. The van der Waals surface area contributed by atoms with E-state index >= 15 is 0 Å². The molecule has 0 fully saturated rings. The van der Waals surface area contributed by atoms with E-state index in [1.807, 2.05) is 31.2 Å². The van der Waals surface area contributed by atoms with E-state index in [1.54, 1.807) is 30.3 Å². The standard InChI is InChI=1S/C15H17NO2S/c1-12-7-9-13(10-8-12)15(16)11-19(17,18)14-5-3-2-4-6-14/h2-10,15H,11,16H2,1H3. The van der Waals surface area contributed by atoms with Gasteiger partial charge in [0.2, 0.25) is 0 Å². The maximum atomic E-state index is 12.2. The number of aryl methyl sites for hydroxylation is 1. The normalized spacial score (nSPS) is 13.2. The molecule has 0 aliphatic rings. The highest BCUT2D eigenvalue weighted by Gasteiger charge is 2.19. The van der Waals surface area contributed by atoms with Crippen molar-refractivity contribution in [1.29, 1.82) is 0 Å². The van der Waals surface area contributed by atoms with Gasteiger partial charge < -0.3 is 5.73 Å². The Kier molecular flexibility index (Phi) is 4.02. The summed E-state index contributed by atoms with van der Waals surface area (Å²) in [5.41, 5.74) is 7.95. The van der Waals surface area contributed by atoms with Crippen molar-refractivity contribution < 1.29 is 8.42 Å². The van der Waals surface area contributed by atoms with Crippen LogP contribution in [0.1, 0.15) is 17.2 Å². The van der Waals surface area contributed by atoms with E-state index in [2.05, 4.69) is 0 Å². The third kappa shape index (κ3) is 3.43. The lowest BCUT2D eigenvalue weighted by Crippen LogP contribution is -2.21. The van der Waals surface area contributed by atoms with Gasteiger partial charge in [0, 0.05) is 6.04 Å². The second-order valence-electron chi connectivity index (χ2n) is 4.61. The number of rotatable bonds is 4. The largest absolute Gasteiger partial charge is 0.323 e. The predicted molar refractivity (Wildman–Crippen MR) is 76.6 cm³/mol. The lowest BCUT2D eigenvalue weighted by molar-refractivity contribution is 0.589. The van der Waals surface area contributed by atoms with Crippen LogP contribution < -0.4 is 5.73 Å². The fraction of sp³-hybridized carbons (Fsp3) is 0.200. The van der Waals surface area contributed by atoms with Crippen LogP contribution in [0.15, 0.2) is 59.5 Å². The van der Waals surface area contributed by atoms with Gasteiger partial charge in [0.1, 0.15) is 0 Å². The van der Waals surface area contributed by atoms with Gasteiger partial charge in [0.15, 0.2) is 9.84 Å². The highest BCUT2D eigenvalue weighted by atomic mass is 32.2. The van der Waals surface area contributed by atoms with E-state index in [-0.39, 0.29) is 5.75 Å². The second-order valence-corrected chi connectivity index (χ2v) is 6.65. The molecular formula is C15H17NO2S. The van der Waals surface area contributed by atoms with Crippen molar-refractivity contribution in [2.75, 3.05) is 5.75 Å². The highest BCUT2D eigenvalue weighted by molar-refractivity contribution is 7.91. The van der Waals surface area contributed by atoms with E-state index in [9.17, 15) is 8.42 Å². The van der Waals surface area contributed by atoms with E-state index < -0.39 is 15.9 Å². The molecule has 2 aromatic rings. The molecule has 0 aromatic heterocycles. The first-order chi connectivity index (χ1) is 8.99. The Balaban J connectivity index is 2.19. The van der Waals surface area contributed by atoms with Gasteiger partial charge >= 0.3 is 0 Å². The zero-order chi connectivity index (χ0) is 13.9. The van der Waals surface area contributed by atoms with Crippen LogP contribution in [0.25, 0.3) is 0 Å². The summed E-state index contributed by atoms with van der Waals surface area (Å²) in [5.74, 6) is -0.0833. The first-order valence-corrected chi connectivity index (χ1v) is 7.74. The number of nitrogens with two attached hydrogens (primary N) is 1. The first kappa shape index (κ1) is 13.8. The molecule has 19 heavy (non-hydrogen) atoms. The van der Waals surface area contributed by atoms with Crippen molar-refractivity contribution in [1.82, 2.24) is 0 Å². The summed E-state index contributed by atoms with van der Waals surface area (Å²) in [6, 6.07) is 15.5. The molecule has 0 saturated carbocycles. The zero-order valence-corrected chi connectivity index (χ0v) is 11.6. The molecule has 2 N–H and O–H groups in total. The maximum Gasteiger partial charge on any atom is 0.180 e. The molecule has 1 unspecified atom stereocenters. The fourth-order valence-electron chi connectivity index (χ4n) is 1.87. The van der Waals surface area contributed by atoms with Crippen LogP contribution in [0.3, 0.4) is 0 Å². The van der Waals surface area contributed by atoms with Gasteiger partial charge in [-0.1, -0.05) is 48.0 Å². The molecule has 0 aliphatic heterocycles. The van der Waals surface area contributed by atoms with Crippen LogP contribution in [-0.4, -0.2) is 14.2 Å². The Bertz CT molecular complexity index is 634. The number of benzene rings is 2. The summed E-state index contributed by atoms with van der Waals surface area (Å²) in [6.45, 7) is 1.98. The zero-order valence-electron chi connectivity index (χ0n) is 10.8. The predicted octanol–water partition coefficient (Wildman–Crippen LogP) is 2.47. The molecule has 3 nitrogen and oxygen atoms in total. The van der Waals surface area contributed by atoms with Crippen molar-refractivity contribution in [2.24, 2.45) is 5.73 Å². The van der Waals surface area contributed by atoms with Crippen molar-refractivity contribution in [3.05, 3.63) is 65.7 Å².